The van der Waals surface area contributed by atoms with E-state index in [1.54, 1.807) is 7.11 Å². The molecular formula is C13H19NOS. The van der Waals surface area contributed by atoms with Crippen LogP contribution in [0.4, 0.5) is 0 Å². The van der Waals surface area contributed by atoms with Crippen LogP contribution < -0.4 is 4.74 Å². The zero-order valence-electron chi connectivity index (χ0n) is 9.94. The number of benzene rings is 1. The Bertz CT molecular complexity index is 367. The van der Waals surface area contributed by atoms with E-state index in [1.165, 1.54) is 11.1 Å². The van der Waals surface area contributed by atoms with E-state index in [0.29, 0.717) is 6.04 Å². The van der Waals surface area contributed by atoms with Gasteiger partial charge in [0, 0.05) is 12.6 Å². The maximum Gasteiger partial charge on any atom is 0.119 e. The largest absolute Gasteiger partial charge is 0.497 e. The third-order valence-electron chi connectivity index (χ3n) is 3.38. The Hall–Kier alpha value is -0.670. The number of fused-ring (bicyclic) bond motifs is 1. The number of rotatable bonds is 3. The van der Waals surface area contributed by atoms with Crippen LogP contribution in [-0.4, -0.2) is 31.4 Å². The third-order valence-corrected chi connectivity index (χ3v) is 3.64. The molecule has 2 rings (SSSR count). The summed E-state index contributed by atoms with van der Waals surface area (Å²) in [6.45, 7) is 1.12. The monoisotopic (exact) mass is 237 g/mol. The summed E-state index contributed by atoms with van der Waals surface area (Å²) in [5.74, 6) is 1.90. The molecule has 0 amide bonds. The second kappa shape index (κ2) is 5.11. The van der Waals surface area contributed by atoms with E-state index in [9.17, 15) is 0 Å². The molecule has 0 saturated heterocycles. The first-order chi connectivity index (χ1) is 7.76. The molecule has 1 atom stereocenters. The van der Waals surface area contributed by atoms with Crippen LogP contribution in [0.2, 0.25) is 0 Å². The van der Waals surface area contributed by atoms with Gasteiger partial charge in [-0.25, -0.2) is 0 Å². The van der Waals surface area contributed by atoms with Crippen LogP contribution in [0.5, 0.6) is 5.75 Å². The summed E-state index contributed by atoms with van der Waals surface area (Å²) < 4.78 is 5.27. The molecule has 3 heteroatoms. The molecule has 1 aromatic carbocycles. The van der Waals surface area contributed by atoms with Gasteiger partial charge < -0.3 is 4.74 Å². The standard InChI is InChI=1S/C13H19NOS/c1-14-7-5-10-9-11(15-2)3-4-12(10)13(14)6-8-16/h3-4,9,13,16H,5-8H2,1-2H3. The van der Waals surface area contributed by atoms with Crippen molar-refractivity contribution >= 4 is 12.6 Å². The van der Waals surface area contributed by atoms with Crippen LogP contribution in [-0.2, 0) is 6.42 Å². The fourth-order valence-electron chi connectivity index (χ4n) is 2.44. The number of thiol groups is 1. The Morgan fingerprint density at radius 3 is 3.00 bits per heavy atom. The summed E-state index contributed by atoms with van der Waals surface area (Å²) in [5, 5.41) is 0. The number of hydrogen-bond donors (Lipinski definition) is 1. The quantitative estimate of drug-likeness (QED) is 0.811. The van der Waals surface area contributed by atoms with E-state index in [1.807, 2.05) is 0 Å². The summed E-state index contributed by atoms with van der Waals surface area (Å²) in [4.78, 5) is 2.42. The highest BCUT2D eigenvalue weighted by atomic mass is 32.1. The van der Waals surface area contributed by atoms with E-state index in [2.05, 4.69) is 42.8 Å². The number of ether oxygens (including phenoxy) is 1. The number of methoxy groups -OCH3 is 1. The summed E-state index contributed by atoms with van der Waals surface area (Å²) in [6, 6.07) is 6.96. The normalized spacial score (nSPS) is 20.6. The van der Waals surface area contributed by atoms with Gasteiger partial charge in [-0.3, -0.25) is 4.90 Å². The first-order valence-electron chi connectivity index (χ1n) is 5.74. The molecular weight excluding hydrogens is 218 g/mol. The molecule has 1 heterocycles. The van der Waals surface area contributed by atoms with Gasteiger partial charge in [-0.05, 0) is 48.9 Å². The van der Waals surface area contributed by atoms with E-state index < -0.39 is 0 Å². The van der Waals surface area contributed by atoms with Crippen LogP contribution in [0.15, 0.2) is 18.2 Å². The lowest BCUT2D eigenvalue weighted by molar-refractivity contribution is 0.226. The fraction of sp³-hybridized carbons (Fsp3) is 0.538. The second-order valence-electron chi connectivity index (χ2n) is 4.32. The molecule has 0 bridgehead atoms. The lowest BCUT2D eigenvalue weighted by atomic mass is 9.91. The Morgan fingerprint density at radius 1 is 1.50 bits per heavy atom. The van der Waals surface area contributed by atoms with Crippen LogP contribution >= 0.6 is 12.6 Å². The Balaban J connectivity index is 2.32. The minimum Gasteiger partial charge on any atom is -0.497 e. The predicted octanol–water partition coefficient (Wildman–Crippen LogP) is 2.54. The van der Waals surface area contributed by atoms with E-state index in [-0.39, 0.29) is 0 Å². The topological polar surface area (TPSA) is 12.5 Å². The number of nitrogens with zero attached hydrogens (tertiary/aromatic N) is 1. The first-order valence-corrected chi connectivity index (χ1v) is 6.37. The molecule has 0 fully saturated rings. The van der Waals surface area contributed by atoms with Gasteiger partial charge in [0.2, 0.25) is 0 Å². The number of hydrogen-bond acceptors (Lipinski definition) is 3. The van der Waals surface area contributed by atoms with Crippen molar-refractivity contribution in [3.63, 3.8) is 0 Å². The highest BCUT2D eigenvalue weighted by Gasteiger charge is 2.24. The van der Waals surface area contributed by atoms with Crippen LogP contribution in [0.1, 0.15) is 23.6 Å². The first kappa shape index (κ1) is 11.8. The molecule has 1 aliphatic rings. The van der Waals surface area contributed by atoms with Crippen molar-refractivity contribution in [2.45, 2.75) is 18.9 Å². The minimum atomic E-state index is 0.521. The summed E-state index contributed by atoms with van der Waals surface area (Å²) in [6.07, 6.45) is 2.23. The van der Waals surface area contributed by atoms with E-state index >= 15 is 0 Å². The zero-order chi connectivity index (χ0) is 11.5. The van der Waals surface area contributed by atoms with Crippen molar-refractivity contribution in [1.82, 2.24) is 4.90 Å². The lowest BCUT2D eigenvalue weighted by Crippen LogP contribution is -2.32. The maximum absolute atomic E-state index is 5.27. The molecule has 16 heavy (non-hydrogen) atoms. The molecule has 88 valence electrons. The second-order valence-corrected chi connectivity index (χ2v) is 4.77. The molecule has 0 saturated carbocycles. The maximum atomic E-state index is 5.27. The van der Waals surface area contributed by atoms with Crippen LogP contribution in [0, 0.1) is 0 Å². The van der Waals surface area contributed by atoms with Crippen molar-refractivity contribution in [2.75, 3.05) is 26.5 Å². The average molecular weight is 237 g/mol. The van der Waals surface area contributed by atoms with Crippen molar-refractivity contribution in [1.29, 1.82) is 0 Å². The average Bonchev–Trinajstić information content (AvgIpc) is 2.32. The highest BCUT2D eigenvalue weighted by molar-refractivity contribution is 7.80. The molecule has 0 spiro atoms. The Labute approximate surface area is 103 Å². The summed E-state index contributed by atoms with van der Waals surface area (Å²) in [5.41, 5.74) is 2.88. The van der Waals surface area contributed by atoms with Crippen molar-refractivity contribution in [2.24, 2.45) is 0 Å². The van der Waals surface area contributed by atoms with Crippen molar-refractivity contribution in [3.05, 3.63) is 29.3 Å². The minimum absolute atomic E-state index is 0.521. The van der Waals surface area contributed by atoms with Gasteiger partial charge in [0.05, 0.1) is 7.11 Å². The smallest absolute Gasteiger partial charge is 0.119 e. The molecule has 0 aromatic heterocycles. The summed E-state index contributed by atoms with van der Waals surface area (Å²) in [7, 11) is 3.92. The molecule has 0 N–H and O–H groups in total. The molecule has 2 nitrogen and oxygen atoms in total. The number of likely N-dealkylation sites (N-methyl/N-ethyl adjacent to an activating group) is 1. The van der Waals surface area contributed by atoms with Gasteiger partial charge in [-0.15, -0.1) is 0 Å². The van der Waals surface area contributed by atoms with Gasteiger partial charge in [-0.2, -0.15) is 12.6 Å². The summed E-state index contributed by atoms with van der Waals surface area (Å²) >= 11 is 4.35. The SMILES string of the molecule is COc1ccc2c(c1)CCN(C)C2CCS. The van der Waals surface area contributed by atoms with E-state index in [0.717, 1.165) is 30.9 Å². The van der Waals surface area contributed by atoms with Gasteiger partial charge >= 0.3 is 0 Å². The van der Waals surface area contributed by atoms with Gasteiger partial charge in [0.15, 0.2) is 0 Å². The van der Waals surface area contributed by atoms with Crippen LogP contribution in [0.3, 0.4) is 0 Å². The molecule has 1 aromatic rings. The van der Waals surface area contributed by atoms with Crippen molar-refractivity contribution in [3.8, 4) is 5.75 Å². The molecule has 1 unspecified atom stereocenters. The van der Waals surface area contributed by atoms with Crippen molar-refractivity contribution < 1.29 is 4.74 Å². The Kier molecular flexibility index (Phi) is 3.77. The predicted molar refractivity (Wildman–Crippen MR) is 70.5 cm³/mol. The fourth-order valence-corrected chi connectivity index (χ4v) is 2.68. The van der Waals surface area contributed by atoms with Gasteiger partial charge in [-0.1, -0.05) is 6.07 Å². The zero-order valence-corrected chi connectivity index (χ0v) is 10.8. The molecule has 0 radical (unpaired) electrons. The lowest BCUT2D eigenvalue weighted by Gasteiger charge is -2.34. The third kappa shape index (κ3) is 2.20. The van der Waals surface area contributed by atoms with Gasteiger partial charge in [0.25, 0.3) is 0 Å². The van der Waals surface area contributed by atoms with E-state index in [4.69, 9.17) is 4.74 Å². The Morgan fingerprint density at radius 2 is 2.31 bits per heavy atom. The van der Waals surface area contributed by atoms with Crippen LogP contribution in [0.25, 0.3) is 0 Å². The van der Waals surface area contributed by atoms with Gasteiger partial charge in [0.1, 0.15) is 5.75 Å². The highest BCUT2D eigenvalue weighted by Crippen LogP contribution is 2.33. The molecule has 1 aliphatic heterocycles. The molecule has 0 aliphatic carbocycles.